The Morgan fingerprint density at radius 1 is 1.73 bits per heavy atom. The molecular weight excluding hydrogens is 258 g/mol. The zero-order valence-electron chi connectivity index (χ0n) is 8.70. The third-order valence-electron chi connectivity index (χ3n) is 2.10. The van der Waals surface area contributed by atoms with Crippen LogP contribution in [0.3, 0.4) is 0 Å². The monoisotopic (exact) mass is 269 g/mol. The van der Waals surface area contributed by atoms with Gasteiger partial charge in [0.25, 0.3) is 5.91 Å². The number of hydrogen-bond acceptors (Lipinski definition) is 2. The maximum atomic E-state index is 11.9. The van der Waals surface area contributed by atoms with E-state index in [9.17, 15) is 4.79 Å². The molecule has 0 fully saturated rings. The quantitative estimate of drug-likeness (QED) is 0.840. The Hall–Kier alpha value is -1.28. The molecule has 1 aromatic heterocycles. The third-order valence-corrected chi connectivity index (χ3v) is 2.53. The predicted octanol–water partition coefficient (Wildman–Crippen LogP) is 1.77. The van der Waals surface area contributed by atoms with E-state index in [4.69, 9.17) is 5.26 Å². The second-order valence-electron chi connectivity index (χ2n) is 3.29. The first kappa shape index (κ1) is 11.8. The van der Waals surface area contributed by atoms with Crippen molar-refractivity contribution in [2.75, 3.05) is 13.6 Å². The SMILES string of the molecule is CN(CCC#N)C(=O)c1cc(Br)cn1C. The van der Waals surface area contributed by atoms with Crippen molar-refractivity contribution >= 4 is 21.8 Å². The molecule has 0 N–H and O–H groups in total. The van der Waals surface area contributed by atoms with Gasteiger partial charge in [-0.1, -0.05) is 0 Å². The van der Waals surface area contributed by atoms with Gasteiger partial charge in [0, 0.05) is 31.3 Å². The van der Waals surface area contributed by atoms with Crippen LogP contribution in [0.5, 0.6) is 0 Å². The second-order valence-corrected chi connectivity index (χ2v) is 4.20. The second kappa shape index (κ2) is 4.99. The number of nitriles is 1. The van der Waals surface area contributed by atoms with Gasteiger partial charge < -0.3 is 9.47 Å². The van der Waals surface area contributed by atoms with Gasteiger partial charge in [-0.3, -0.25) is 4.79 Å². The van der Waals surface area contributed by atoms with Crippen molar-refractivity contribution in [3.8, 4) is 6.07 Å². The molecule has 0 aliphatic heterocycles. The molecule has 0 spiro atoms. The molecule has 0 unspecified atom stereocenters. The average Bonchev–Trinajstić information content (AvgIpc) is 2.53. The van der Waals surface area contributed by atoms with Crippen LogP contribution in [0.1, 0.15) is 16.9 Å². The molecule has 4 nitrogen and oxygen atoms in total. The minimum Gasteiger partial charge on any atom is -0.345 e. The highest BCUT2D eigenvalue weighted by Crippen LogP contribution is 2.14. The van der Waals surface area contributed by atoms with E-state index >= 15 is 0 Å². The highest BCUT2D eigenvalue weighted by atomic mass is 79.9. The van der Waals surface area contributed by atoms with Gasteiger partial charge in [0.05, 0.1) is 12.5 Å². The highest BCUT2D eigenvalue weighted by Gasteiger charge is 2.14. The van der Waals surface area contributed by atoms with Crippen LogP contribution in [0.2, 0.25) is 0 Å². The molecule has 5 heteroatoms. The summed E-state index contributed by atoms with van der Waals surface area (Å²) in [5.74, 6) is -0.0709. The van der Waals surface area contributed by atoms with Crippen LogP contribution in [0.25, 0.3) is 0 Å². The summed E-state index contributed by atoms with van der Waals surface area (Å²) in [7, 11) is 3.51. The lowest BCUT2D eigenvalue weighted by Gasteiger charge is -2.15. The number of aryl methyl sites for hydroxylation is 1. The summed E-state index contributed by atoms with van der Waals surface area (Å²) in [6.45, 7) is 0.456. The summed E-state index contributed by atoms with van der Waals surface area (Å²) in [4.78, 5) is 13.4. The predicted molar refractivity (Wildman–Crippen MR) is 60.3 cm³/mol. The van der Waals surface area contributed by atoms with Gasteiger partial charge in [-0.2, -0.15) is 5.26 Å². The van der Waals surface area contributed by atoms with Gasteiger partial charge in [0.1, 0.15) is 5.69 Å². The van der Waals surface area contributed by atoms with Gasteiger partial charge in [0.2, 0.25) is 0 Å². The van der Waals surface area contributed by atoms with Crippen LogP contribution in [0, 0.1) is 11.3 Å². The summed E-state index contributed by atoms with van der Waals surface area (Å²) in [5.41, 5.74) is 0.613. The summed E-state index contributed by atoms with van der Waals surface area (Å²) in [6, 6.07) is 3.78. The van der Waals surface area contributed by atoms with E-state index in [0.29, 0.717) is 18.7 Å². The fraction of sp³-hybridized carbons (Fsp3) is 0.400. The molecule has 1 aromatic rings. The Balaban J connectivity index is 2.76. The highest BCUT2D eigenvalue weighted by molar-refractivity contribution is 9.10. The summed E-state index contributed by atoms with van der Waals surface area (Å²) in [6.07, 6.45) is 2.18. The first-order valence-corrected chi connectivity index (χ1v) is 5.30. The zero-order valence-corrected chi connectivity index (χ0v) is 10.3. The number of nitrogens with zero attached hydrogens (tertiary/aromatic N) is 3. The maximum Gasteiger partial charge on any atom is 0.270 e. The van der Waals surface area contributed by atoms with Crippen LogP contribution in [-0.2, 0) is 7.05 Å². The lowest BCUT2D eigenvalue weighted by Crippen LogP contribution is -2.28. The topological polar surface area (TPSA) is 49.0 Å². The standard InChI is InChI=1S/C10H12BrN3O/c1-13(5-3-4-12)10(15)9-6-8(11)7-14(9)2/h6-7H,3,5H2,1-2H3. The molecular formula is C10H12BrN3O. The largest absolute Gasteiger partial charge is 0.345 e. The number of amides is 1. The van der Waals surface area contributed by atoms with Crippen molar-refractivity contribution in [2.24, 2.45) is 7.05 Å². The Labute approximate surface area is 97.2 Å². The minimum absolute atomic E-state index is 0.0709. The van der Waals surface area contributed by atoms with E-state index in [-0.39, 0.29) is 5.91 Å². The molecule has 0 bridgehead atoms. The molecule has 0 aliphatic carbocycles. The Bertz CT molecular complexity index is 405. The number of hydrogen-bond donors (Lipinski definition) is 0. The Kier molecular flexibility index (Phi) is 3.92. The van der Waals surface area contributed by atoms with Crippen LogP contribution >= 0.6 is 15.9 Å². The molecule has 80 valence electrons. The van der Waals surface area contributed by atoms with Crippen molar-refractivity contribution in [1.29, 1.82) is 5.26 Å². The molecule has 15 heavy (non-hydrogen) atoms. The van der Waals surface area contributed by atoms with E-state index in [1.807, 2.05) is 19.3 Å². The molecule has 0 saturated heterocycles. The van der Waals surface area contributed by atoms with Gasteiger partial charge in [-0.05, 0) is 22.0 Å². The Morgan fingerprint density at radius 3 is 2.87 bits per heavy atom. The van der Waals surface area contributed by atoms with Crippen molar-refractivity contribution < 1.29 is 4.79 Å². The summed E-state index contributed by atoms with van der Waals surface area (Å²) >= 11 is 3.31. The number of carbonyl (C=O) groups excluding carboxylic acids is 1. The van der Waals surface area contributed by atoms with Crippen LogP contribution in [0.4, 0.5) is 0 Å². The molecule has 1 rings (SSSR count). The molecule has 0 radical (unpaired) electrons. The van der Waals surface area contributed by atoms with Crippen molar-refractivity contribution in [2.45, 2.75) is 6.42 Å². The third kappa shape index (κ3) is 2.83. The average molecular weight is 270 g/mol. The number of rotatable bonds is 3. The van der Waals surface area contributed by atoms with E-state index in [0.717, 1.165) is 4.47 Å². The zero-order chi connectivity index (χ0) is 11.4. The minimum atomic E-state index is -0.0709. The molecule has 1 heterocycles. The first-order valence-electron chi connectivity index (χ1n) is 4.50. The molecule has 0 aromatic carbocycles. The van der Waals surface area contributed by atoms with Crippen molar-refractivity contribution in [3.63, 3.8) is 0 Å². The molecule has 0 atom stereocenters. The van der Waals surface area contributed by atoms with Gasteiger partial charge in [-0.15, -0.1) is 0 Å². The lowest BCUT2D eigenvalue weighted by molar-refractivity contribution is 0.0788. The summed E-state index contributed by atoms with van der Waals surface area (Å²) < 4.78 is 2.64. The van der Waals surface area contributed by atoms with E-state index < -0.39 is 0 Å². The van der Waals surface area contributed by atoms with E-state index in [1.165, 1.54) is 0 Å². The molecule has 0 aliphatic rings. The van der Waals surface area contributed by atoms with Crippen molar-refractivity contribution in [1.82, 2.24) is 9.47 Å². The van der Waals surface area contributed by atoms with Gasteiger partial charge in [-0.25, -0.2) is 0 Å². The number of carbonyl (C=O) groups is 1. The maximum absolute atomic E-state index is 11.9. The Morgan fingerprint density at radius 2 is 2.40 bits per heavy atom. The van der Waals surface area contributed by atoms with Crippen molar-refractivity contribution in [3.05, 3.63) is 22.4 Å². The van der Waals surface area contributed by atoms with Gasteiger partial charge >= 0.3 is 0 Å². The van der Waals surface area contributed by atoms with Crippen LogP contribution < -0.4 is 0 Å². The first-order chi connectivity index (χ1) is 7.06. The number of halogens is 1. The van der Waals surface area contributed by atoms with Crippen LogP contribution in [0.15, 0.2) is 16.7 Å². The van der Waals surface area contributed by atoms with Gasteiger partial charge in [0.15, 0.2) is 0 Å². The van der Waals surface area contributed by atoms with Crippen LogP contribution in [-0.4, -0.2) is 29.0 Å². The van der Waals surface area contributed by atoms with E-state index in [1.54, 1.807) is 22.6 Å². The van der Waals surface area contributed by atoms with E-state index in [2.05, 4.69) is 15.9 Å². The normalized spacial score (nSPS) is 9.73. The fourth-order valence-corrected chi connectivity index (χ4v) is 1.78. The summed E-state index contributed by atoms with van der Waals surface area (Å²) in [5, 5.41) is 8.43. The lowest BCUT2D eigenvalue weighted by atomic mass is 10.3. The number of aromatic nitrogens is 1. The smallest absolute Gasteiger partial charge is 0.270 e. The molecule has 0 saturated carbocycles. The fourth-order valence-electron chi connectivity index (χ4n) is 1.25. The molecule has 1 amide bonds.